The van der Waals surface area contributed by atoms with E-state index in [2.05, 4.69) is 10.2 Å². The van der Waals surface area contributed by atoms with Crippen molar-refractivity contribution in [1.82, 2.24) is 24.7 Å². The van der Waals surface area contributed by atoms with E-state index in [0.29, 0.717) is 65.9 Å². The van der Waals surface area contributed by atoms with Crippen molar-refractivity contribution < 1.29 is 28.6 Å². The van der Waals surface area contributed by atoms with Crippen molar-refractivity contribution in [3.8, 4) is 17.1 Å². The molecule has 1 amide bonds. The highest BCUT2D eigenvalue weighted by Crippen LogP contribution is 2.42. The summed E-state index contributed by atoms with van der Waals surface area (Å²) in [7, 11) is 1.61. The van der Waals surface area contributed by atoms with E-state index in [0.717, 1.165) is 42.4 Å². The number of esters is 2. The zero-order valence-corrected chi connectivity index (χ0v) is 27.9. The SMILES string of the molecule is CCc1c2c(nc3ccc(OC(=O)N4CCC(N5CCCCC5)CC4)cc13)-c1cc3c(c(=O)n1C2)COC(=O)[C@@]3(CC)OC(=O)CNC. The van der Waals surface area contributed by atoms with Crippen molar-refractivity contribution >= 4 is 28.9 Å². The molecule has 0 aliphatic carbocycles. The monoisotopic (exact) mass is 657 g/mol. The number of ether oxygens (including phenoxy) is 3. The number of cyclic esters (lactones) is 1. The molecule has 4 aliphatic heterocycles. The summed E-state index contributed by atoms with van der Waals surface area (Å²) in [5.41, 5.74) is 2.41. The lowest BCUT2D eigenvalue weighted by Crippen LogP contribution is -2.48. The highest BCUT2D eigenvalue weighted by atomic mass is 16.6. The van der Waals surface area contributed by atoms with Crippen molar-refractivity contribution in [2.75, 3.05) is 39.8 Å². The Labute approximate surface area is 279 Å². The first kappa shape index (κ1) is 32.3. The minimum Gasteiger partial charge on any atom is -0.457 e. The van der Waals surface area contributed by atoms with Crippen LogP contribution in [0.25, 0.3) is 22.3 Å². The first-order valence-corrected chi connectivity index (χ1v) is 17.3. The summed E-state index contributed by atoms with van der Waals surface area (Å²) in [6.07, 6.45) is 6.18. The number of pyridine rings is 2. The van der Waals surface area contributed by atoms with Gasteiger partial charge in [-0.2, -0.15) is 0 Å². The van der Waals surface area contributed by atoms with Crippen LogP contribution in [0.4, 0.5) is 4.79 Å². The van der Waals surface area contributed by atoms with Gasteiger partial charge in [0.25, 0.3) is 5.56 Å². The maximum Gasteiger partial charge on any atom is 0.415 e. The van der Waals surface area contributed by atoms with Gasteiger partial charge in [0.15, 0.2) is 0 Å². The van der Waals surface area contributed by atoms with E-state index < -0.39 is 17.5 Å². The number of aryl methyl sites for hydroxylation is 1. The molecule has 1 atom stereocenters. The van der Waals surface area contributed by atoms with Crippen LogP contribution >= 0.6 is 0 Å². The van der Waals surface area contributed by atoms with E-state index in [1.54, 1.807) is 35.6 Å². The smallest absolute Gasteiger partial charge is 0.415 e. The number of carbonyl (C=O) groups is 3. The minimum atomic E-state index is -1.73. The molecule has 7 rings (SSSR count). The molecular formula is C36H43N5O7. The quantitative estimate of drug-likeness (QED) is 0.292. The molecule has 0 bridgehead atoms. The number of rotatable bonds is 7. The van der Waals surface area contributed by atoms with E-state index in [-0.39, 0.29) is 31.2 Å². The maximum atomic E-state index is 14.0. The van der Waals surface area contributed by atoms with Crippen molar-refractivity contribution in [3.63, 3.8) is 0 Å². The molecule has 2 fully saturated rings. The van der Waals surface area contributed by atoms with Gasteiger partial charge in [-0.15, -0.1) is 0 Å². The zero-order chi connectivity index (χ0) is 33.6. The number of fused-ring (bicyclic) bond motifs is 5. The molecule has 0 radical (unpaired) electrons. The number of benzene rings is 1. The molecule has 0 saturated carbocycles. The third kappa shape index (κ3) is 5.44. The fourth-order valence-electron chi connectivity index (χ4n) is 8.00. The highest BCUT2D eigenvalue weighted by molar-refractivity contribution is 5.91. The first-order chi connectivity index (χ1) is 23.3. The summed E-state index contributed by atoms with van der Waals surface area (Å²) in [4.78, 5) is 62.3. The number of nitrogens with one attached hydrogen (secondary N) is 1. The fourth-order valence-corrected chi connectivity index (χ4v) is 8.00. The number of hydrogen-bond donors (Lipinski definition) is 1. The van der Waals surface area contributed by atoms with Crippen LogP contribution in [0.1, 0.15) is 74.6 Å². The van der Waals surface area contributed by atoms with Gasteiger partial charge in [-0.3, -0.25) is 9.59 Å². The van der Waals surface area contributed by atoms with Crippen LogP contribution in [0.15, 0.2) is 29.1 Å². The molecule has 1 N–H and O–H groups in total. The van der Waals surface area contributed by atoms with Crippen LogP contribution in [-0.4, -0.2) is 83.2 Å². The average Bonchev–Trinajstić information content (AvgIpc) is 3.47. The van der Waals surface area contributed by atoms with Gasteiger partial charge in [0.2, 0.25) is 5.60 Å². The fraction of sp³-hybridized carbons (Fsp3) is 0.528. The Morgan fingerprint density at radius 3 is 2.52 bits per heavy atom. The summed E-state index contributed by atoms with van der Waals surface area (Å²) in [5.74, 6) is -0.864. The molecule has 2 aromatic heterocycles. The molecule has 4 aliphatic rings. The van der Waals surface area contributed by atoms with Gasteiger partial charge in [-0.1, -0.05) is 20.3 Å². The number of nitrogens with zero attached hydrogens (tertiary/aromatic N) is 4. The minimum absolute atomic E-state index is 0.0982. The second-order valence-corrected chi connectivity index (χ2v) is 13.2. The summed E-state index contributed by atoms with van der Waals surface area (Å²) < 4.78 is 18.7. The molecular weight excluding hydrogens is 614 g/mol. The van der Waals surface area contributed by atoms with Gasteiger partial charge in [0.05, 0.1) is 35.6 Å². The van der Waals surface area contributed by atoms with Gasteiger partial charge in [0, 0.05) is 35.6 Å². The molecule has 1 aromatic carbocycles. The van der Waals surface area contributed by atoms with Gasteiger partial charge < -0.3 is 33.9 Å². The Morgan fingerprint density at radius 1 is 1.04 bits per heavy atom. The van der Waals surface area contributed by atoms with Crippen LogP contribution in [0, 0.1) is 0 Å². The average molecular weight is 658 g/mol. The summed E-state index contributed by atoms with van der Waals surface area (Å²) in [5, 5.41) is 3.60. The van der Waals surface area contributed by atoms with Crippen molar-refractivity contribution in [1.29, 1.82) is 0 Å². The maximum absolute atomic E-state index is 14.0. The molecule has 254 valence electrons. The summed E-state index contributed by atoms with van der Waals surface area (Å²) in [6, 6.07) is 7.77. The Morgan fingerprint density at radius 2 is 1.81 bits per heavy atom. The second kappa shape index (κ2) is 13.0. The van der Waals surface area contributed by atoms with Gasteiger partial charge in [-0.25, -0.2) is 14.6 Å². The largest absolute Gasteiger partial charge is 0.457 e. The van der Waals surface area contributed by atoms with E-state index in [1.165, 1.54) is 19.3 Å². The number of likely N-dealkylation sites (tertiary alicyclic amines) is 2. The van der Waals surface area contributed by atoms with Crippen LogP contribution in [-0.2, 0) is 44.2 Å². The molecule has 12 heteroatoms. The highest BCUT2D eigenvalue weighted by Gasteiger charge is 2.50. The van der Waals surface area contributed by atoms with Gasteiger partial charge in [-0.05, 0) is 88.5 Å². The topological polar surface area (TPSA) is 132 Å². The molecule has 3 aromatic rings. The standard InChI is InChI=1S/C36H43N5O7/c1-4-24-25-17-23(47-35(45)40-15-11-22(12-16-40)39-13-7-6-8-14-39)9-10-29(25)38-32-26(24)20-41-30(32)18-28-27(33(41)43)21-46-34(44)36(28,5-2)48-31(42)19-37-3/h9-10,17-18,22,37H,4-8,11-16,19-21H2,1-3H3/t36-/m0/s1. The Balaban J connectivity index is 1.18. The molecule has 6 heterocycles. The van der Waals surface area contributed by atoms with Crippen LogP contribution in [0.3, 0.4) is 0 Å². The van der Waals surface area contributed by atoms with E-state index >= 15 is 0 Å². The predicted octanol–water partition coefficient (Wildman–Crippen LogP) is 3.86. The lowest BCUT2D eigenvalue weighted by atomic mass is 9.85. The number of aromatic nitrogens is 2. The lowest BCUT2D eigenvalue weighted by molar-refractivity contribution is -0.188. The zero-order valence-electron chi connectivity index (χ0n) is 27.9. The van der Waals surface area contributed by atoms with Crippen LogP contribution < -0.4 is 15.6 Å². The molecule has 2 saturated heterocycles. The Hall–Kier alpha value is -4.29. The number of carbonyl (C=O) groups excluding carboxylic acids is 3. The Bertz CT molecular complexity index is 1840. The molecule has 0 unspecified atom stereocenters. The van der Waals surface area contributed by atoms with Gasteiger partial charge in [0.1, 0.15) is 12.4 Å². The molecule has 12 nitrogen and oxygen atoms in total. The third-order valence-electron chi connectivity index (χ3n) is 10.5. The number of piperidine rings is 2. The van der Waals surface area contributed by atoms with E-state index in [9.17, 15) is 19.2 Å². The van der Waals surface area contributed by atoms with E-state index in [1.807, 2.05) is 19.1 Å². The molecule has 48 heavy (non-hydrogen) atoms. The van der Waals surface area contributed by atoms with Crippen molar-refractivity contribution in [2.24, 2.45) is 0 Å². The van der Waals surface area contributed by atoms with Gasteiger partial charge >= 0.3 is 18.0 Å². The predicted molar refractivity (Wildman–Crippen MR) is 178 cm³/mol. The third-order valence-corrected chi connectivity index (χ3v) is 10.5. The number of likely N-dealkylation sites (N-methyl/N-ethyl adjacent to an activating group) is 1. The van der Waals surface area contributed by atoms with E-state index in [4.69, 9.17) is 19.2 Å². The van der Waals surface area contributed by atoms with Crippen LogP contribution in [0.2, 0.25) is 0 Å². The van der Waals surface area contributed by atoms with Crippen LogP contribution in [0.5, 0.6) is 5.75 Å². The van der Waals surface area contributed by atoms with Crippen molar-refractivity contribution in [3.05, 3.63) is 56.9 Å². The lowest BCUT2D eigenvalue weighted by Gasteiger charge is -2.39. The normalized spacial score (nSPS) is 21.0. The first-order valence-electron chi connectivity index (χ1n) is 17.3. The Kier molecular flexibility index (Phi) is 8.71. The van der Waals surface area contributed by atoms with Crippen molar-refractivity contribution in [2.45, 2.75) is 83.6 Å². The second-order valence-electron chi connectivity index (χ2n) is 13.2. The molecule has 0 spiro atoms. The number of hydrogen-bond acceptors (Lipinski definition) is 10. The summed E-state index contributed by atoms with van der Waals surface area (Å²) in [6.45, 7) is 7.46. The number of amides is 1. The summed E-state index contributed by atoms with van der Waals surface area (Å²) >= 11 is 0.